The van der Waals surface area contributed by atoms with Crippen molar-refractivity contribution in [1.82, 2.24) is 24.8 Å². The first-order valence-corrected chi connectivity index (χ1v) is 12.9. The van der Waals surface area contributed by atoms with Crippen LogP contribution < -0.4 is 0 Å². The van der Waals surface area contributed by atoms with Crippen LogP contribution in [0.1, 0.15) is 30.1 Å². The maximum atomic E-state index is 12.6. The van der Waals surface area contributed by atoms with Crippen LogP contribution in [-0.2, 0) is 11.3 Å². The highest BCUT2D eigenvalue weighted by atomic mass is 32.2. The smallest absolute Gasteiger partial charge is 0.410 e. The van der Waals surface area contributed by atoms with E-state index in [2.05, 4.69) is 22.1 Å². The molecule has 2 aromatic carbocycles. The SMILES string of the molecule is CSc1nccc(-c2[nH]c(C3CCN(C(=O)OCc4ccccc4)CC3)nc2-c2ccccc2)n1. The van der Waals surface area contributed by atoms with Gasteiger partial charge in [0.05, 0.1) is 17.1 Å². The Kier molecular flexibility index (Phi) is 7.09. The summed E-state index contributed by atoms with van der Waals surface area (Å²) in [5.41, 5.74) is 4.63. The molecule has 0 radical (unpaired) electrons. The molecule has 1 saturated heterocycles. The van der Waals surface area contributed by atoms with Gasteiger partial charge in [0.1, 0.15) is 12.4 Å². The third-order valence-electron chi connectivity index (χ3n) is 6.19. The first-order chi connectivity index (χ1) is 17.2. The highest BCUT2D eigenvalue weighted by molar-refractivity contribution is 7.98. The van der Waals surface area contributed by atoms with Gasteiger partial charge in [0.15, 0.2) is 5.16 Å². The topological polar surface area (TPSA) is 84.0 Å². The number of aromatic nitrogens is 4. The fourth-order valence-corrected chi connectivity index (χ4v) is 4.66. The van der Waals surface area contributed by atoms with Gasteiger partial charge < -0.3 is 14.6 Å². The Morgan fingerprint density at radius 3 is 2.46 bits per heavy atom. The van der Waals surface area contributed by atoms with Gasteiger partial charge >= 0.3 is 6.09 Å². The number of hydrogen-bond donors (Lipinski definition) is 1. The molecule has 0 unspecified atom stereocenters. The van der Waals surface area contributed by atoms with Gasteiger partial charge in [-0.15, -0.1) is 0 Å². The number of aromatic amines is 1. The van der Waals surface area contributed by atoms with Crippen molar-refractivity contribution in [3.05, 3.63) is 84.3 Å². The standard InChI is InChI=1S/C27H27N5O2S/c1-35-26-28-15-12-22(29-26)24-23(20-10-6-3-7-11-20)30-25(31-24)21-13-16-32(17-14-21)27(33)34-18-19-8-4-2-5-9-19/h2-12,15,21H,13-14,16-18H2,1H3,(H,30,31). The summed E-state index contributed by atoms with van der Waals surface area (Å²) in [6, 6.07) is 21.8. The summed E-state index contributed by atoms with van der Waals surface area (Å²) in [4.78, 5) is 32.0. The number of nitrogens with zero attached hydrogens (tertiary/aromatic N) is 4. The number of rotatable bonds is 6. The summed E-state index contributed by atoms with van der Waals surface area (Å²) in [5, 5.41) is 0.722. The summed E-state index contributed by atoms with van der Waals surface area (Å²) in [6.45, 7) is 1.57. The zero-order valence-corrected chi connectivity index (χ0v) is 20.4. The second-order valence-corrected chi connectivity index (χ2v) is 9.22. The normalized spacial score (nSPS) is 14.1. The van der Waals surface area contributed by atoms with Crippen LogP contribution in [-0.4, -0.2) is 50.3 Å². The van der Waals surface area contributed by atoms with E-state index in [9.17, 15) is 4.79 Å². The van der Waals surface area contributed by atoms with Crippen LogP contribution in [0.15, 0.2) is 78.1 Å². The van der Waals surface area contributed by atoms with Crippen molar-refractivity contribution in [2.24, 2.45) is 0 Å². The quantitative estimate of drug-likeness (QED) is 0.276. The van der Waals surface area contributed by atoms with E-state index in [4.69, 9.17) is 14.7 Å². The number of nitrogens with one attached hydrogen (secondary N) is 1. The van der Waals surface area contributed by atoms with Crippen molar-refractivity contribution in [3.8, 4) is 22.6 Å². The van der Waals surface area contributed by atoms with Crippen molar-refractivity contribution < 1.29 is 9.53 Å². The fourth-order valence-electron chi connectivity index (χ4n) is 4.30. The van der Waals surface area contributed by atoms with E-state index in [1.54, 1.807) is 11.1 Å². The molecule has 0 atom stereocenters. The second-order valence-electron chi connectivity index (χ2n) is 8.44. The third-order valence-corrected chi connectivity index (χ3v) is 6.75. The number of benzene rings is 2. The molecule has 3 heterocycles. The molecule has 2 aromatic heterocycles. The van der Waals surface area contributed by atoms with Crippen LogP contribution in [0, 0.1) is 0 Å². The largest absolute Gasteiger partial charge is 0.445 e. The molecule has 4 aromatic rings. The van der Waals surface area contributed by atoms with Crippen LogP contribution in [0.5, 0.6) is 0 Å². The van der Waals surface area contributed by atoms with Crippen LogP contribution in [0.25, 0.3) is 22.6 Å². The van der Waals surface area contributed by atoms with Crippen LogP contribution >= 0.6 is 11.8 Å². The van der Waals surface area contributed by atoms with E-state index in [0.29, 0.717) is 19.7 Å². The molecule has 0 bridgehead atoms. The number of amides is 1. The highest BCUT2D eigenvalue weighted by Crippen LogP contribution is 2.34. The molecule has 5 rings (SSSR count). The Morgan fingerprint density at radius 2 is 1.74 bits per heavy atom. The van der Waals surface area contributed by atoms with E-state index < -0.39 is 0 Å². The molecule has 0 spiro atoms. The number of carbonyl (C=O) groups excluding carboxylic acids is 1. The van der Waals surface area contributed by atoms with E-state index >= 15 is 0 Å². The number of imidazole rings is 1. The van der Waals surface area contributed by atoms with Crippen LogP contribution in [0.2, 0.25) is 0 Å². The number of hydrogen-bond acceptors (Lipinski definition) is 6. The minimum absolute atomic E-state index is 0.228. The van der Waals surface area contributed by atoms with E-state index in [1.807, 2.05) is 60.9 Å². The summed E-state index contributed by atoms with van der Waals surface area (Å²) in [5.74, 6) is 1.16. The first-order valence-electron chi connectivity index (χ1n) is 11.7. The minimum Gasteiger partial charge on any atom is -0.445 e. The summed E-state index contributed by atoms with van der Waals surface area (Å²) in [6.07, 6.45) is 5.13. The summed E-state index contributed by atoms with van der Waals surface area (Å²) >= 11 is 1.51. The van der Waals surface area contributed by atoms with E-state index in [1.165, 1.54) is 11.8 Å². The van der Waals surface area contributed by atoms with Gasteiger partial charge in [-0.1, -0.05) is 72.4 Å². The molecular formula is C27H27N5O2S. The Hall–Kier alpha value is -3.65. The lowest BCUT2D eigenvalue weighted by molar-refractivity contribution is 0.0866. The van der Waals surface area contributed by atoms with Gasteiger partial charge in [0, 0.05) is 30.8 Å². The minimum atomic E-state index is -0.261. The number of ether oxygens (including phenoxy) is 1. The molecule has 1 aliphatic heterocycles. The maximum absolute atomic E-state index is 12.6. The van der Waals surface area contributed by atoms with Crippen molar-refractivity contribution in [1.29, 1.82) is 0 Å². The molecule has 1 N–H and O–H groups in total. The molecule has 0 saturated carbocycles. The number of likely N-dealkylation sites (tertiary alicyclic amines) is 1. The van der Waals surface area contributed by atoms with Crippen molar-refractivity contribution >= 4 is 17.9 Å². The lowest BCUT2D eigenvalue weighted by Gasteiger charge is -2.30. The van der Waals surface area contributed by atoms with Gasteiger partial charge in [-0.25, -0.2) is 19.7 Å². The molecule has 1 amide bonds. The van der Waals surface area contributed by atoms with Gasteiger partial charge in [-0.05, 0) is 30.7 Å². The monoisotopic (exact) mass is 485 g/mol. The summed E-state index contributed by atoms with van der Waals surface area (Å²) < 4.78 is 5.52. The molecule has 8 heteroatoms. The zero-order valence-electron chi connectivity index (χ0n) is 19.6. The van der Waals surface area contributed by atoms with Crippen molar-refractivity contribution in [2.75, 3.05) is 19.3 Å². The molecule has 1 fully saturated rings. The third kappa shape index (κ3) is 5.38. The Bertz CT molecular complexity index is 1270. The van der Waals surface area contributed by atoms with Crippen LogP contribution in [0.4, 0.5) is 4.79 Å². The molecule has 7 nitrogen and oxygen atoms in total. The average Bonchev–Trinajstić information content (AvgIpc) is 3.39. The van der Waals surface area contributed by atoms with Crippen LogP contribution in [0.3, 0.4) is 0 Å². The highest BCUT2D eigenvalue weighted by Gasteiger charge is 2.28. The number of piperidine rings is 1. The van der Waals surface area contributed by atoms with Gasteiger partial charge in [0.2, 0.25) is 0 Å². The molecule has 0 aliphatic carbocycles. The number of H-pyrrole nitrogens is 1. The Balaban J connectivity index is 1.31. The lowest BCUT2D eigenvalue weighted by atomic mass is 9.96. The Labute approximate surface area is 209 Å². The molecule has 1 aliphatic rings. The van der Waals surface area contributed by atoms with E-state index in [-0.39, 0.29) is 12.0 Å². The van der Waals surface area contributed by atoms with Gasteiger partial charge in [-0.3, -0.25) is 0 Å². The summed E-state index contributed by atoms with van der Waals surface area (Å²) in [7, 11) is 0. The second kappa shape index (κ2) is 10.7. The maximum Gasteiger partial charge on any atom is 0.410 e. The molecular weight excluding hydrogens is 458 g/mol. The fraction of sp³-hybridized carbons (Fsp3) is 0.259. The van der Waals surface area contributed by atoms with Crippen molar-refractivity contribution in [2.45, 2.75) is 30.5 Å². The number of thioether (sulfide) groups is 1. The molecule has 35 heavy (non-hydrogen) atoms. The lowest BCUT2D eigenvalue weighted by Crippen LogP contribution is -2.38. The van der Waals surface area contributed by atoms with Gasteiger partial charge in [0.25, 0.3) is 0 Å². The first kappa shape index (κ1) is 23.1. The number of carbonyl (C=O) groups is 1. The predicted molar refractivity (Wildman–Crippen MR) is 137 cm³/mol. The van der Waals surface area contributed by atoms with E-state index in [0.717, 1.165) is 52.0 Å². The van der Waals surface area contributed by atoms with Crippen molar-refractivity contribution in [3.63, 3.8) is 0 Å². The van der Waals surface area contributed by atoms with Gasteiger partial charge in [-0.2, -0.15) is 0 Å². The zero-order chi connectivity index (χ0) is 24.0. The average molecular weight is 486 g/mol. The predicted octanol–water partition coefficient (Wildman–Crippen LogP) is 5.77. The molecule has 178 valence electrons. The Morgan fingerprint density at radius 1 is 1.03 bits per heavy atom.